The molecule has 0 atom stereocenters. The van der Waals surface area contributed by atoms with Crippen molar-refractivity contribution in [2.75, 3.05) is 26.2 Å². The molecule has 1 aliphatic rings. The number of rotatable bonds is 4. The molecule has 1 rings (SSSR count). The Hall–Kier alpha value is -0.610. The Morgan fingerprint density at radius 1 is 1.22 bits per heavy atom. The van der Waals surface area contributed by atoms with E-state index in [-0.39, 0.29) is 5.60 Å². The maximum atomic E-state index is 9.60. The van der Waals surface area contributed by atoms with Gasteiger partial charge in [0.15, 0.2) is 0 Å². The van der Waals surface area contributed by atoms with Crippen LogP contribution in [0.25, 0.3) is 0 Å². The lowest BCUT2D eigenvalue weighted by Gasteiger charge is -2.32. The summed E-state index contributed by atoms with van der Waals surface area (Å²) in [7, 11) is 0. The van der Waals surface area contributed by atoms with Gasteiger partial charge in [-0.25, -0.2) is 0 Å². The van der Waals surface area contributed by atoms with Crippen LogP contribution in [0, 0.1) is 0 Å². The summed E-state index contributed by atoms with van der Waals surface area (Å²) < 4.78 is 4.55. The Morgan fingerprint density at radius 2 is 1.72 bits per heavy atom. The topological polar surface area (TPSA) is 41.6 Å². The minimum atomic E-state index is -0.318. The van der Waals surface area contributed by atoms with Gasteiger partial charge in [-0.15, -0.1) is 0 Å². The molecular formula is C14H30N2O2. The standard InChI is InChI=1S/C9H20N2.C5H10O2/c1-3-11(4-2)9-5-7-10-8-6-9;1-5(2,3)7-4-6/h9-10H,3-8H2,1-2H3;4H,1-3H3. The van der Waals surface area contributed by atoms with E-state index >= 15 is 0 Å². The van der Waals surface area contributed by atoms with Gasteiger partial charge in [0.25, 0.3) is 6.47 Å². The third kappa shape index (κ3) is 8.48. The summed E-state index contributed by atoms with van der Waals surface area (Å²) in [4.78, 5) is 12.2. The van der Waals surface area contributed by atoms with Crippen LogP contribution in [-0.2, 0) is 9.53 Å². The minimum Gasteiger partial charge on any atom is -0.462 e. The molecule has 108 valence electrons. The first kappa shape index (κ1) is 17.4. The van der Waals surface area contributed by atoms with Crippen molar-refractivity contribution in [3.63, 3.8) is 0 Å². The first-order chi connectivity index (χ1) is 8.44. The molecule has 0 spiro atoms. The maximum Gasteiger partial charge on any atom is 0.293 e. The minimum absolute atomic E-state index is 0.318. The molecule has 0 radical (unpaired) electrons. The number of piperidine rings is 1. The van der Waals surface area contributed by atoms with Gasteiger partial charge >= 0.3 is 0 Å². The number of carbonyl (C=O) groups excluding carboxylic acids is 1. The molecule has 1 heterocycles. The molecule has 0 aromatic carbocycles. The molecule has 1 saturated heterocycles. The van der Waals surface area contributed by atoms with Crippen LogP contribution in [-0.4, -0.2) is 49.2 Å². The fourth-order valence-corrected chi connectivity index (χ4v) is 2.06. The number of carbonyl (C=O) groups is 1. The lowest BCUT2D eigenvalue weighted by atomic mass is 10.1. The predicted molar refractivity (Wildman–Crippen MR) is 75.7 cm³/mol. The number of ether oxygens (including phenoxy) is 1. The van der Waals surface area contributed by atoms with E-state index in [4.69, 9.17) is 0 Å². The highest BCUT2D eigenvalue weighted by molar-refractivity contribution is 5.37. The Morgan fingerprint density at radius 3 is 2.00 bits per heavy atom. The first-order valence-corrected chi connectivity index (χ1v) is 7.00. The summed E-state index contributed by atoms with van der Waals surface area (Å²) in [5, 5.41) is 3.39. The molecule has 4 heteroatoms. The SMILES string of the molecule is CC(C)(C)OC=O.CCN(CC)C1CCNCC1. The fourth-order valence-electron chi connectivity index (χ4n) is 2.06. The fraction of sp³-hybridized carbons (Fsp3) is 0.929. The molecule has 18 heavy (non-hydrogen) atoms. The van der Waals surface area contributed by atoms with Crippen LogP contribution in [0.2, 0.25) is 0 Å². The summed E-state index contributed by atoms with van der Waals surface area (Å²) in [5.74, 6) is 0. The van der Waals surface area contributed by atoms with Crippen LogP contribution in [0.1, 0.15) is 47.5 Å². The number of hydrogen-bond donors (Lipinski definition) is 1. The summed E-state index contributed by atoms with van der Waals surface area (Å²) in [6.07, 6.45) is 2.67. The molecule has 0 unspecified atom stereocenters. The van der Waals surface area contributed by atoms with Gasteiger partial charge in [-0.1, -0.05) is 13.8 Å². The maximum absolute atomic E-state index is 9.60. The van der Waals surface area contributed by atoms with E-state index in [9.17, 15) is 4.79 Å². The van der Waals surface area contributed by atoms with Crippen LogP contribution < -0.4 is 5.32 Å². The van der Waals surface area contributed by atoms with Crippen LogP contribution in [0.15, 0.2) is 0 Å². The van der Waals surface area contributed by atoms with Gasteiger partial charge in [-0.05, 0) is 59.8 Å². The lowest BCUT2D eigenvalue weighted by molar-refractivity contribution is -0.138. The van der Waals surface area contributed by atoms with E-state index in [0.717, 1.165) is 6.04 Å². The van der Waals surface area contributed by atoms with Crippen LogP contribution >= 0.6 is 0 Å². The van der Waals surface area contributed by atoms with Crippen molar-refractivity contribution in [1.29, 1.82) is 0 Å². The predicted octanol–water partition coefficient (Wildman–Crippen LogP) is 2.04. The summed E-state index contributed by atoms with van der Waals surface area (Å²) in [5.41, 5.74) is -0.318. The normalized spacial score (nSPS) is 17.0. The van der Waals surface area contributed by atoms with E-state index in [2.05, 4.69) is 28.8 Å². The quantitative estimate of drug-likeness (QED) is 0.784. The average Bonchev–Trinajstić information content (AvgIpc) is 2.31. The van der Waals surface area contributed by atoms with Crippen LogP contribution in [0.3, 0.4) is 0 Å². The number of nitrogens with zero attached hydrogens (tertiary/aromatic N) is 1. The zero-order valence-corrected chi connectivity index (χ0v) is 12.7. The van der Waals surface area contributed by atoms with Crippen LogP contribution in [0.4, 0.5) is 0 Å². The van der Waals surface area contributed by atoms with Gasteiger partial charge in [-0.3, -0.25) is 4.79 Å². The second-order valence-corrected chi connectivity index (χ2v) is 5.53. The van der Waals surface area contributed by atoms with Crippen molar-refractivity contribution in [2.45, 2.75) is 59.1 Å². The zero-order chi connectivity index (χ0) is 14.0. The van der Waals surface area contributed by atoms with Crippen molar-refractivity contribution < 1.29 is 9.53 Å². The van der Waals surface area contributed by atoms with Gasteiger partial charge in [0.05, 0.1) is 0 Å². The average molecular weight is 258 g/mol. The highest BCUT2D eigenvalue weighted by atomic mass is 16.5. The van der Waals surface area contributed by atoms with Crippen molar-refractivity contribution in [3.8, 4) is 0 Å². The number of nitrogens with one attached hydrogen (secondary N) is 1. The smallest absolute Gasteiger partial charge is 0.293 e. The first-order valence-electron chi connectivity index (χ1n) is 7.00. The molecular weight excluding hydrogens is 228 g/mol. The van der Waals surface area contributed by atoms with Crippen molar-refractivity contribution in [3.05, 3.63) is 0 Å². The van der Waals surface area contributed by atoms with Gasteiger partial charge in [0.2, 0.25) is 0 Å². The van der Waals surface area contributed by atoms with Crippen molar-refractivity contribution >= 4 is 6.47 Å². The van der Waals surface area contributed by atoms with E-state index in [1.807, 2.05) is 20.8 Å². The zero-order valence-electron chi connectivity index (χ0n) is 12.7. The number of hydrogen-bond acceptors (Lipinski definition) is 4. The van der Waals surface area contributed by atoms with E-state index in [1.165, 1.54) is 39.0 Å². The lowest BCUT2D eigenvalue weighted by Crippen LogP contribution is -2.42. The molecule has 0 aromatic rings. The Bertz CT molecular complexity index is 204. The van der Waals surface area contributed by atoms with Crippen molar-refractivity contribution in [2.24, 2.45) is 0 Å². The van der Waals surface area contributed by atoms with E-state index in [1.54, 1.807) is 0 Å². The van der Waals surface area contributed by atoms with Gasteiger partial charge in [0, 0.05) is 6.04 Å². The monoisotopic (exact) mass is 258 g/mol. The summed E-state index contributed by atoms with van der Waals surface area (Å²) >= 11 is 0. The van der Waals surface area contributed by atoms with Gasteiger partial charge in [0.1, 0.15) is 5.60 Å². The Balaban J connectivity index is 0.000000360. The molecule has 1 fully saturated rings. The molecule has 0 amide bonds. The molecule has 0 aliphatic carbocycles. The van der Waals surface area contributed by atoms with E-state index in [0.29, 0.717) is 6.47 Å². The molecule has 0 aromatic heterocycles. The van der Waals surface area contributed by atoms with Gasteiger partial charge in [-0.2, -0.15) is 0 Å². The third-order valence-corrected chi connectivity index (χ3v) is 3.04. The Labute approximate surface area is 112 Å². The summed E-state index contributed by atoms with van der Waals surface area (Å²) in [6, 6.07) is 0.853. The van der Waals surface area contributed by atoms with Gasteiger partial charge < -0.3 is 15.0 Å². The third-order valence-electron chi connectivity index (χ3n) is 3.04. The van der Waals surface area contributed by atoms with Crippen LogP contribution in [0.5, 0.6) is 0 Å². The molecule has 4 nitrogen and oxygen atoms in total. The Kier molecular flexibility index (Phi) is 9.02. The molecule has 0 saturated carbocycles. The highest BCUT2D eigenvalue weighted by Gasteiger charge is 2.17. The van der Waals surface area contributed by atoms with Crippen molar-refractivity contribution in [1.82, 2.24) is 10.2 Å². The molecule has 0 bridgehead atoms. The molecule has 1 N–H and O–H groups in total. The second kappa shape index (κ2) is 9.34. The second-order valence-electron chi connectivity index (χ2n) is 5.53. The highest BCUT2D eigenvalue weighted by Crippen LogP contribution is 2.10. The summed E-state index contributed by atoms with van der Waals surface area (Å²) in [6.45, 7) is 15.3. The van der Waals surface area contributed by atoms with E-state index < -0.39 is 0 Å². The largest absolute Gasteiger partial charge is 0.462 e. The molecule has 1 aliphatic heterocycles.